The second-order valence-corrected chi connectivity index (χ2v) is 5.25. The molecule has 8 N–H and O–H groups in total. The molecular weight excluding hydrogens is 307 g/mol. The van der Waals surface area contributed by atoms with Crippen molar-refractivity contribution in [3.8, 4) is 0 Å². The number of nitrogens with two attached hydrogens (primary N) is 2. The second kappa shape index (κ2) is 7.09. The van der Waals surface area contributed by atoms with Crippen molar-refractivity contribution < 1.29 is 29.1 Å². The number of aliphatic hydroxyl groups excluding tert-OH is 1. The van der Waals surface area contributed by atoms with Crippen molar-refractivity contribution >= 4 is 13.6 Å². The maximum absolute atomic E-state index is 11.5. The number of hydrogen-bond donors (Lipinski definition) is 6. The summed E-state index contributed by atoms with van der Waals surface area (Å²) < 4.78 is 15.6. The molecule has 0 bridgehead atoms. The fourth-order valence-corrected chi connectivity index (χ4v) is 1.74. The smallest absolute Gasteiger partial charge is 0.390 e. The number of nitrogen functional groups attached to an aromatic ring is 1. The van der Waals surface area contributed by atoms with Gasteiger partial charge >= 0.3 is 13.5 Å². The Labute approximate surface area is 119 Å². The third kappa shape index (κ3) is 5.89. The molecule has 21 heavy (non-hydrogen) atoms. The van der Waals surface area contributed by atoms with Gasteiger partial charge in [-0.2, -0.15) is 4.98 Å². The molecule has 1 aliphatic heterocycles. The standard InChI is InChI=1S/C9H14N4O3.H3O4P/c10-4-6-5(14)3-8(16-6)13-2-1-7(11)12-9(13)15;1-5(2,3)4/h1-2,5-6,8,14H,3-4,10H2,(H2,11,12,15);(H3,1,2,3,4)/t5-,6+,8+;/m0./s1. The molecule has 1 aromatic rings. The van der Waals surface area contributed by atoms with Crippen LogP contribution in [0.1, 0.15) is 12.6 Å². The van der Waals surface area contributed by atoms with Gasteiger partial charge in [-0.1, -0.05) is 0 Å². The summed E-state index contributed by atoms with van der Waals surface area (Å²) in [5.41, 5.74) is 10.3. The molecule has 1 saturated heterocycles. The minimum atomic E-state index is -4.64. The van der Waals surface area contributed by atoms with Crippen molar-refractivity contribution in [2.45, 2.75) is 24.9 Å². The Morgan fingerprint density at radius 1 is 1.48 bits per heavy atom. The predicted octanol–water partition coefficient (Wildman–Crippen LogP) is -2.50. The summed E-state index contributed by atoms with van der Waals surface area (Å²) in [5, 5.41) is 9.60. The maximum atomic E-state index is 11.5. The van der Waals surface area contributed by atoms with Crippen LogP contribution in [0.4, 0.5) is 5.82 Å². The van der Waals surface area contributed by atoms with E-state index in [2.05, 4.69) is 4.98 Å². The normalized spacial score (nSPS) is 25.3. The summed E-state index contributed by atoms with van der Waals surface area (Å²) in [7, 11) is -4.64. The summed E-state index contributed by atoms with van der Waals surface area (Å²) in [5.74, 6) is 0.162. The van der Waals surface area contributed by atoms with E-state index in [1.165, 1.54) is 16.8 Å². The van der Waals surface area contributed by atoms with Gasteiger partial charge in [-0.25, -0.2) is 9.36 Å². The highest BCUT2D eigenvalue weighted by Gasteiger charge is 2.34. The summed E-state index contributed by atoms with van der Waals surface area (Å²) >= 11 is 0. The number of rotatable bonds is 2. The summed E-state index contributed by atoms with van der Waals surface area (Å²) in [4.78, 5) is 36.7. The zero-order valence-electron chi connectivity index (χ0n) is 10.8. The molecular formula is C9H17N4O7P. The number of nitrogens with zero attached hydrogens (tertiary/aromatic N) is 2. The van der Waals surface area contributed by atoms with E-state index in [-0.39, 0.29) is 12.4 Å². The summed E-state index contributed by atoms with van der Waals surface area (Å²) in [6.45, 7) is 0.217. The zero-order valence-corrected chi connectivity index (χ0v) is 11.7. The quantitative estimate of drug-likeness (QED) is 0.316. The van der Waals surface area contributed by atoms with Crippen LogP contribution in [0.25, 0.3) is 0 Å². The van der Waals surface area contributed by atoms with Gasteiger partial charge in [-0.05, 0) is 6.07 Å². The van der Waals surface area contributed by atoms with Crippen LogP contribution in [-0.2, 0) is 9.30 Å². The molecule has 0 radical (unpaired) electrons. The monoisotopic (exact) mass is 324 g/mol. The molecule has 2 rings (SSSR count). The highest BCUT2D eigenvalue weighted by Crippen LogP contribution is 2.27. The van der Waals surface area contributed by atoms with E-state index in [1.807, 2.05) is 0 Å². The molecule has 12 heteroatoms. The SMILES string of the molecule is NC[C@H]1O[C@@H](n2ccc(N)nc2=O)C[C@@H]1O.O=P(O)(O)O. The number of aliphatic hydroxyl groups is 1. The third-order valence-electron chi connectivity index (χ3n) is 2.60. The Morgan fingerprint density at radius 3 is 2.48 bits per heavy atom. The van der Waals surface area contributed by atoms with Crippen LogP contribution in [-0.4, -0.2) is 48.1 Å². The van der Waals surface area contributed by atoms with E-state index in [0.29, 0.717) is 6.42 Å². The van der Waals surface area contributed by atoms with Crippen LogP contribution in [0.5, 0.6) is 0 Å². The summed E-state index contributed by atoms with van der Waals surface area (Å²) in [6.07, 6.45) is 0.215. The first kappa shape index (κ1) is 17.7. The van der Waals surface area contributed by atoms with Crippen molar-refractivity contribution in [1.29, 1.82) is 0 Å². The van der Waals surface area contributed by atoms with Gasteiger partial charge in [0.15, 0.2) is 0 Å². The fourth-order valence-electron chi connectivity index (χ4n) is 1.74. The number of aromatic nitrogens is 2. The van der Waals surface area contributed by atoms with Crippen molar-refractivity contribution in [1.82, 2.24) is 9.55 Å². The lowest BCUT2D eigenvalue weighted by Crippen LogP contribution is -2.30. The molecule has 1 aliphatic rings. The largest absolute Gasteiger partial charge is 0.466 e. The van der Waals surface area contributed by atoms with Gasteiger partial charge in [-0.15, -0.1) is 0 Å². The molecule has 1 aromatic heterocycles. The van der Waals surface area contributed by atoms with Crippen molar-refractivity contribution in [2.75, 3.05) is 12.3 Å². The van der Waals surface area contributed by atoms with Gasteiger partial charge in [0.2, 0.25) is 0 Å². The Kier molecular flexibility index (Phi) is 5.98. The molecule has 120 valence electrons. The third-order valence-corrected chi connectivity index (χ3v) is 2.60. The molecule has 0 aromatic carbocycles. The zero-order chi connectivity index (χ0) is 16.2. The molecule has 3 atom stereocenters. The van der Waals surface area contributed by atoms with Gasteiger partial charge in [0.1, 0.15) is 12.0 Å². The highest BCUT2D eigenvalue weighted by atomic mass is 31.2. The van der Waals surface area contributed by atoms with Gasteiger partial charge in [-0.3, -0.25) is 4.57 Å². The van der Waals surface area contributed by atoms with Crippen molar-refractivity contribution in [2.24, 2.45) is 5.73 Å². The topological polar surface area (TPSA) is 194 Å². The average Bonchev–Trinajstić information content (AvgIpc) is 2.68. The van der Waals surface area contributed by atoms with Crippen LogP contribution >= 0.6 is 7.82 Å². The Hall–Kier alpha value is -1.33. The average molecular weight is 324 g/mol. The molecule has 0 saturated carbocycles. The molecule has 11 nitrogen and oxygen atoms in total. The second-order valence-electron chi connectivity index (χ2n) is 4.22. The van der Waals surface area contributed by atoms with Crippen LogP contribution in [0.2, 0.25) is 0 Å². The molecule has 2 heterocycles. The first-order chi connectivity index (χ1) is 9.61. The van der Waals surface area contributed by atoms with E-state index in [9.17, 15) is 9.90 Å². The molecule has 0 spiro atoms. The van der Waals surface area contributed by atoms with Crippen LogP contribution in [0.3, 0.4) is 0 Å². The molecule has 0 unspecified atom stereocenters. The van der Waals surface area contributed by atoms with Crippen LogP contribution < -0.4 is 17.2 Å². The molecule has 0 amide bonds. The fraction of sp³-hybridized carbons (Fsp3) is 0.556. The van der Waals surface area contributed by atoms with Crippen LogP contribution in [0.15, 0.2) is 17.1 Å². The van der Waals surface area contributed by atoms with Gasteiger partial charge in [0.25, 0.3) is 0 Å². The Balaban J connectivity index is 0.000000383. The van der Waals surface area contributed by atoms with E-state index in [0.717, 1.165) is 0 Å². The highest BCUT2D eigenvalue weighted by molar-refractivity contribution is 7.45. The lowest BCUT2D eigenvalue weighted by Gasteiger charge is -2.14. The van der Waals surface area contributed by atoms with E-state index >= 15 is 0 Å². The minimum absolute atomic E-state index is 0.162. The van der Waals surface area contributed by atoms with Gasteiger partial charge < -0.3 is 36.0 Å². The van der Waals surface area contributed by atoms with Gasteiger partial charge in [0.05, 0.1) is 12.2 Å². The van der Waals surface area contributed by atoms with Crippen molar-refractivity contribution in [3.05, 3.63) is 22.7 Å². The molecule has 0 aliphatic carbocycles. The van der Waals surface area contributed by atoms with E-state index < -0.39 is 31.9 Å². The number of phosphoric acid groups is 1. The van der Waals surface area contributed by atoms with Gasteiger partial charge in [0, 0.05) is 19.2 Å². The number of anilines is 1. The van der Waals surface area contributed by atoms with E-state index in [4.69, 9.17) is 35.4 Å². The Bertz CT molecular complexity index is 565. The van der Waals surface area contributed by atoms with Crippen LogP contribution in [0, 0.1) is 0 Å². The first-order valence-electron chi connectivity index (χ1n) is 5.78. The number of hydrogen-bond acceptors (Lipinski definition) is 7. The summed E-state index contributed by atoms with van der Waals surface area (Å²) in [6, 6.07) is 1.51. The Morgan fingerprint density at radius 2 is 2.05 bits per heavy atom. The van der Waals surface area contributed by atoms with Crippen molar-refractivity contribution in [3.63, 3.8) is 0 Å². The minimum Gasteiger partial charge on any atom is -0.390 e. The maximum Gasteiger partial charge on any atom is 0.466 e. The lowest BCUT2D eigenvalue weighted by atomic mass is 10.2. The lowest BCUT2D eigenvalue weighted by molar-refractivity contribution is -0.0150. The molecule has 1 fully saturated rings. The van der Waals surface area contributed by atoms with E-state index in [1.54, 1.807) is 0 Å². The first-order valence-corrected chi connectivity index (χ1v) is 7.35. The number of ether oxygens (including phenoxy) is 1. The predicted molar refractivity (Wildman–Crippen MR) is 70.8 cm³/mol.